The van der Waals surface area contributed by atoms with E-state index < -0.39 is 0 Å². The third-order valence-corrected chi connectivity index (χ3v) is 3.34. The van der Waals surface area contributed by atoms with Crippen LogP contribution < -0.4 is 0 Å². The molecule has 1 aliphatic heterocycles. The number of rotatable bonds is 2. The molecule has 0 aromatic heterocycles. The minimum Gasteiger partial charge on any atom is -0.497 e. The number of ether oxygens (including phenoxy) is 2. The van der Waals surface area contributed by atoms with Crippen molar-refractivity contribution in [1.29, 1.82) is 0 Å². The van der Waals surface area contributed by atoms with Gasteiger partial charge >= 0.3 is 5.97 Å². The molecule has 1 saturated carbocycles. The highest BCUT2D eigenvalue weighted by Gasteiger charge is 2.40. The average molecular weight is 210 g/mol. The summed E-state index contributed by atoms with van der Waals surface area (Å²) in [5.41, 5.74) is 0.346. The van der Waals surface area contributed by atoms with Crippen molar-refractivity contribution in [3.8, 4) is 0 Å². The maximum absolute atomic E-state index is 11.2. The van der Waals surface area contributed by atoms with Gasteiger partial charge < -0.3 is 9.47 Å². The van der Waals surface area contributed by atoms with Gasteiger partial charge in [-0.2, -0.15) is 0 Å². The van der Waals surface area contributed by atoms with Crippen molar-refractivity contribution >= 4 is 5.97 Å². The SMILES string of the molecule is CCOC(=O)/C=C1\CC2(CCCC2)CO1. The zero-order chi connectivity index (χ0) is 10.7. The van der Waals surface area contributed by atoms with Gasteiger partial charge in [0.2, 0.25) is 0 Å². The van der Waals surface area contributed by atoms with Crippen LogP contribution in [-0.4, -0.2) is 19.2 Å². The Bertz CT molecular complexity index is 275. The summed E-state index contributed by atoms with van der Waals surface area (Å²) in [4.78, 5) is 11.2. The molecule has 84 valence electrons. The number of hydrogen-bond acceptors (Lipinski definition) is 3. The molecule has 1 heterocycles. The van der Waals surface area contributed by atoms with Gasteiger partial charge in [0.1, 0.15) is 5.76 Å². The molecule has 2 aliphatic rings. The fourth-order valence-corrected chi connectivity index (χ4v) is 2.57. The fourth-order valence-electron chi connectivity index (χ4n) is 2.57. The Hall–Kier alpha value is -0.990. The molecule has 0 amide bonds. The van der Waals surface area contributed by atoms with Crippen molar-refractivity contribution in [2.24, 2.45) is 5.41 Å². The van der Waals surface area contributed by atoms with E-state index in [1.54, 1.807) is 0 Å². The van der Waals surface area contributed by atoms with E-state index in [1.807, 2.05) is 6.92 Å². The van der Waals surface area contributed by atoms with Gasteiger partial charge in [-0.25, -0.2) is 4.79 Å². The highest BCUT2D eigenvalue weighted by atomic mass is 16.5. The summed E-state index contributed by atoms with van der Waals surface area (Å²) in [5, 5.41) is 0. The van der Waals surface area contributed by atoms with Crippen LogP contribution in [-0.2, 0) is 14.3 Å². The molecule has 0 radical (unpaired) electrons. The first-order valence-corrected chi connectivity index (χ1v) is 5.74. The summed E-state index contributed by atoms with van der Waals surface area (Å²) in [7, 11) is 0. The van der Waals surface area contributed by atoms with Gasteiger partial charge in [0.05, 0.1) is 19.3 Å². The maximum Gasteiger partial charge on any atom is 0.334 e. The van der Waals surface area contributed by atoms with Crippen LogP contribution in [0.25, 0.3) is 0 Å². The van der Waals surface area contributed by atoms with Crippen LogP contribution in [0.5, 0.6) is 0 Å². The summed E-state index contributed by atoms with van der Waals surface area (Å²) >= 11 is 0. The first-order valence-electron chi connectivity index (χ1n) is 5.74. The zero-order valence-corrected chi connectivity index (χ0v) is 9.25. The molecule has 0 aromatic carbocycles. The van der Waals surface area contributed by atoms with Gasteiger partial charge in [-0.05, 0) is 19.8 Å². The summed E-state index contributed by atoms with van der Waals surface area (Å²) in [6.07, 6.45) is 7.52. The first kappa shape index (κ1) is 10.5. The molecule has 0 N–H and O–H groups in total. The third-order valence-electron chi connectivity index (χ3n) is 3.34. The first-order chi connectivity index (χ1) is 7.24. The quantitative estimate of drug-likeness (QED) is 0.518. The molecule has 0 unspecified atom stereocenters. The van der Waals surface area contributed by atoms with E-state index in [0.717, 1.165) is 18.8 Å². The molecule has 2 rings (SSSR count). The average Bonchev–Trinajstić information content (AvgIpc) is 2.79. The molecule has 1 saturated heterocycles. The number of esters is 1. The maximum atomic E-state index is 11.2. The lowest BCUT2D eigenvalue weighted by Gasteiger charge is -2.17. The van der Waals surface area contributed by atoms with E-state index >= 15 is 0 Å². The van der Waals surface area contributed by atoms with Crippen molar-refractivity contribution in [3.63, 3.8) is 0 Å². The van der Waals surface area contributed by atoms with E-state index in [9.17, 15) is 4.79 Å². The Labute approximate surface area is 90.4 Å². The van der Waals surface area contributed by atoms with E-state index in [-0.39, 0.29) is 5.97 Å². The van der Waals surface area contributed by atoms with E-state index in [2.05, 4.69) is 0 Å². The standard InChI is InChI=1S/C12H18O3/c1-2-14-11(13)7-10-8-12(9-15-10)5-3-4-6-12/h7H,2-6,8-9H2,1H3/b10-7+. The van der Waals surface area contributed by atoms with Gasteiger partial charge in [-0.15, -0.1) is 0 Å². The van der Waals surface area contributed by atoms with Crippen molar-refractivity contribution in [2.75, 3.05) is 13.2 Å². The molecule has 3 nitrogen and oxygen atoms in total. The predicted molar refractivity (Wildman–Crippen MR) is 56.2 cm³/mol. The van der Waals surface area contributed by atoms with Gasteiger partial charge in [0.25, 0.3) is 0 Å². The van der Waals surface area contributed by atoms with Crippen molar-refractivity contribution in [2.45, 2.75) is 39.0 Å². The highest BCUT2D eigenvalue weighted by molar-refractivity contribution is 5.82. The van der Waals surface area contributed by atoms with Gasteiger partial charge in [0, 0.05) is 11.8 Å². The van der Waals surface area contributed by atoms with Crippen LogP contribution in [0.3, 0.4) is 0 Å². The van der Waals surface area contributed by atoms with Crippen LogP contribution >= 0.6 is 0 Å². The minimum atomic E-state index is -0.275. The van der Waals surface area contributed by atoms with Crippen LogP contribution in [0, 0.1) is 5.41 Å². The van der Waals surface area contributed by atoms with Crippen molar-refractivity contribution < 1.29 is 14.3 Å². The highest BCUT2D eigenvalue weighted by Crippen LogP contribution is 2.47. The van der Waals surface area contributed by atoms with Crippen LogP contribution in [0.4, 0.5) is 0 Å². The molecule has 1 spiro atoms. The van der Waals surface area contributed by atoms with Crippen LogP contribution in [0.2, 0.25) is 0 Å². The second-order valence-corrected chi connectivity index (χ2v) is 4.54. The predicted octanol–water partition coefficient (Wildman–Crippen LogP) is 2.41. The van der Waals surface area contributed by atoms with Crippen LogP contribution in [0.1, 0.15) is 39.0 Å². The molecule has 1 aliphatic carbocycles. The minimum absolute atomic E-state index is 0.275. The lowest BCUT2D eigenvalue weighted by Crippen LogP contribution is -2.14. The number of carbonyl (C=O) groups is 1. The molecule has 0 bridgehead atoms. The lowest BCUT2D eigenvalue weighted by atomic mass is 9.85. The smallest absolute Gasteiger partial charge is 0.334 e. The largest absolute Gasteiger partial charge is 0.497 e. The summed E-state index contributed by atoms with van der Waals surface area (Å²) in [6, 6.07) is 0. The van der Waals surface area contributed by atoms with Crippen molar-refractivity contribution in [1.82, 2.24) is 0 Å². The monoisotopic (exact) mass is 210 g/mol. The molecule has 3 heteroatoms. The Balaban J connectivity index is 1.94. The Morgan fingerprint density at radius 3 is 2.93 bits per heavy atom. The summed E-state index contributed by atoms with van der Waals surface area (Å²) in [6.45, 7) is 3.02. The second-order valence-electron chi connectivity index (χ2n) is 4.54. The molecule has 0 atom stereocenters. The number of allylic oxidation sites excluding steroid dienone is 1. The third kappa shape index (κ3) is 2.33. The Morgan fingerprint density at radius 2 is 2.27 bits per heavy atom. The Kier molecular flexibility index (Phi) is 2.98. The van der Waals surface area contributed by atoms with E-state index in [0.29, 0.717) is 12.0 Å². The number of hydrogen-bond donors (Lipinski definition) is 0. The van der Waals surface area contributed by atoms with E-state index in [4.69, 9.17) is 9.47 Å². The zero-order valence-electron chi connectivity index (χ0n) is 9.25. The normalized spacial score (nSPS) is 25.8. The van der Waals surface area contributed by atoms with Crippen molar-refractivity contribution in [3.05, 3.63) is 11.8 Å². The number of carbonyl (C=O) groups excluding carboxylic acids is 1. The van der Waals surface area contributed by atoms with E-state index in [1.165, 1.54) is 31.8 Å². The second kappa shape index (κ2) is 4.25. The topological polar surface area (TPSA) is 35.5 Å². The van der Waals surface area contributed by atoms with Crippen LogP contribution in [0.15, 0.2) is 11.8 Å². The van der Waals surface area contributed by atoms with Gasteiger partial charge in [-0.1, -0.05) is 12.8 Å². The molecular formula is C12H18O3. The molecular weight excluding hydrogens is 192 g/mol. The Morgan fingerprint density at radius 1 is 1.53 bits per heavy atom. The van der Waals surface area contributed by atoms with Gasteiger partial charge in [0.15, 0.2) is 0 Å². The summed E-state index contributed by atoms with van der Waals surface area (Å²) < 4.78 is 10.4. The summed E-state index contributed by atoms with van der Waals surface area (Å²) in [5.74, 6) is 0.540. The molecule has 15 heavy (non-hydrogen) atoms. The molecule has 0 aromatic rings. The van der Waals surface area contributed by atoms with Gasteiger partial charge in [-0.3, -0.25) is 0 Å². The molecule has 2 fully saturated rings. The lowest BCUT2D eigenvalue weighted by molar-refractivity contribution is -0.137. The fraction of sp³-hybridized carbons (Fsp3) is 0.750.